The van der Waals surface area contributed by atoms with E-state index in [2.05, 4.69) is 55.6 Å². The molecule has 0 radical (unpaired) electrons. The number of carbonyl (C=O) groups excluding carboxylic acids is 1. The molecule has 1 amide bonds. The van der Waals surface area contributed by atoms with E-state index in [1.54, 1.807) is 0 Å². The molecule has 2 heterocycles. The van der Waals surface area contributed by atoms with Crippen molar-refractivity contribution < 1.29 is 4.79 Å². The minimum Gasteiger partial charge on any atom is -0.320 e. The number of nitrogens with zero attached hydrogens (tertiary/aromatic N) is 4. The van der Waals surface area contributed by atoms with Crippen molar-refractivity contribution in [3.05, 3.63) is 76.2 Å². The van der Waals surface area contributed by atoms with Gasteiger partial charge in [-0.15, -0.1) is 10.2 Å². The van der Waals surface area contributed by atoms with Crippen LogP contribution in [0.25, 0.3) is 0 Å². The second kappa shape index (κ2) is 9.73. The first-order valence-electron chi connectivity index (χ1n) is 9.94. The Kier molecular flexibility index (Phi) is 6.61. The van der Waals surface area contributed by atoms with Gasteiger partial charge in [-0.25, -0.2) is 0 Å². The molecule has 7 heteroatoms. The van der Waals surface area contributed by atoms with Crippen LogP contribution < -0.4 is 5.32 Å². The van der Waals surface area contributed by atoms with Crippen molar-refractivity contribution in [1.29, 1.82) is 0 Å². The van der Waals surface area contributed by atoms with Crippen molar-refractivity contribution in [2.45, 2.75) is 13.0 Å². The monoisotopic (exact) mass is 407 g/mol. The van der Waals surface area contributed by atoms with E-state index in [1.807, 2.05) is 30.3 Å². The van der Waals surface area contributed by atoms with Gasteiger partial charge in [0.15, 0.2) is 0 Å². The second-order valence-electron chi connectivity index (χ2n) is 7.17. The number of benzene rings is 2. The predicted molar refractivity (Wildman–Crippen MR) is 116 cm³/mol. The van der Waals surface area contributed by atoms with E-state index >= 15 is 0 Å². The Labute approximate surface area is 175 Å². The van der Waals surface area contributed by atoms with Crippen LogP contribution in [-0.2, 0) is 13.0 Å². The summed E-state index contributed by atoms with van der Waals surface area (Å²) in [7, 11) is 0. The number of piperazine rings is 1. The average molecular weight is 408 g/mol. The smallest absolute Gasteiger partial charge is 0.286 e. The fraction of sp³-hybridized carbons (Fsp3) is 0.318. The third-order valence-electron chi connectivity index (χ3n) is 5.08. The molecule has 0 spiro atoms. The lowest BCUT2D eigenvalue weighted by Crippen LogP contribution is -2.46. The van der Waals surface area contributed by atoms with Gasteiger partial charge in [0.2, 0.25) is 5.01 Å². The summed E-state index contributed by atoms with van der Waals surface area (Å²) in [6.07, 6.45) is 1.09. The van der Waals surface area contributed by atoms with Crippen LogP contribution in [-0.4, -0.2) is 58.6 Å². The minimum atomic E-state index is -0.203. The summed E-state index contributed by atoms with van der Waals surface area (Å²) < 4.78 is 0. The maximum atomic E-state index is 12.3. The van der Waals surface area contributed by atoms with Crippen LogP contribution >= 0.6 is 11.3 Å². The number of nitrogens with one attached hydrogen (secondary N) is 1. The molecule has 2 aromatic carbocycles. The van der Waals surface area contributed by atoms with Gasteiger partial charge in [0.05, 0.1) is 6.54 Å². The molecule has 0 aliphatic carbocycles. The Morgan fingerprint density at radius 2 is 1.55 bits per heavy atom. The zero-order valence-electron chi connectivity index (χ0n) is 16.3. The van der Waals surface area contributed by atoms with Gasteiger partial charge in [-0.2, -0.15) is 0 Å². The van der Waals surface area contributed by atoms with E-state index < -0.39 is 0 Å². The summed E-state index contributed by atoms with van der Waals surface area (Å²) in [6, 6.07) is 20.1. The summed E-state index contributed by atoms with van der Waals surface area (Å²) in [5, 5.41) is 12.5. The predicted octanol–water partition coefficient (Wildman–Crippen LogP) is 3.15. The lowest BCUT2D eigenvalue weighted by Gasteiger charge is -2.34. The third-order valence-corrected chi connectivity index (χ3v) is 5.98. The first-order chi connectivity index (χ1) is 14.3. The number of aromatic nitrogens is 2. The van der Waals surface area contributed by atoms with Gasteiger partial charge in [0.25, 0.3) is 5.91 Å². The van der Waals surface area contributed by atoms with Gasteiger partial charge in [-0.1, -0.05) is 59.9 Å². The van der Waals surface area contributed by atoms with Gasteiger partial charge < -0.3 is 10.2 Å². The summed E-state index contributed by atoms with van der Waals surface area (Å²) in [5.74, 6) is -0.203. The summed E-state index contributed by atoms with van der Waals surface area (Å²) in [6.45, 7) is 6.00. The van der Waals surface area contributed by atoms with Gasteiger partial charge in [0, 0.05) is 38.4 Å². The zero-order chi connectivity index (χ0) is 19.9. The standard InChI is InChI=1S/C22H25N5OS/c28-21(23-19-9-5-2-6-10-19)22-25-24-20(29-22)17-27-15-13-26(14-16-27)12-11-18-7-3-1-4-8-18/h1-10H,11-17H2,(H,23,28). The Morgan fingerprint density at radius 1 is 0.897 bits per heavy atom. The topological polar surface area (TPSA) is 61.4 Å². The van der Waals surface area contributed by atoms with E-state index in [-0.39, 0.29) is 5.91 Å². The number of anilines is 1. The first-order valence-corrected chi connectivity index (χ1v) is 10.8. The third kappa shape index (κ3) is 5.69. The van der Waals surface area contributed by atoms with Crippen LogP contribution in [0.5, 0.6) is 0 Å². The van der Waals surface area contributed by atoms with Gasteiger partial charge in [-0.05, 0) is 24.1 Å². The largest absolute Gasteiger partial charge is 0.320 e. The molecule has 4 rings (SSSR count). The molecule has 1 N–H and O–H groups in total. The number of para-hydroxylation sites is 1. The highest BCUT2D eigenvalue weighted by atomic mass is 32.1. The Hall–Kier alpha value is -2.61. The molecule has 0 atom stereocenters. The molecule has 0 saturated carbocycles. The van der Waals surface area contributed by atoms with Gasteiger partial charge in [0.1, 0.15) is 5.01 Å². The number of hydrogen-bond donors (Lipinski definition) is 1. The van der Waals surface area contributed by atoms with Crippen molar-refractivity contribution in [3.63, 3.8) is 0 Å². The van der Waals surface area contributed by atoms with Crippen LogP contribution in [0.1, 0.15) is 20.4 Å². The molecular weight excluding hydrogens is 382 g/mol. The van der Waals surface area contributed by atoms with Crippen molar-refractivity contribution in [2.75, 3.05) is 38.0 Å². The van der Waals surface area contributed by atoms with Crippen LogP contribution in [0.3, 0.4) is 0 Å². The van der Waals surface area contributed by atoms with Crippen molar-refractivity contribution >= 4 is 22.9 Å². The van der Waals surface area contributed by atoms with E-state index in [9.17, 15) is 4.79 Å². The lowest BCUT2D eigenvalue weighted by molar-refractivity contribution is 0.102. The van der Waals surface area contributed by atoms with E-state index in [0.29, 0.717) is 5.01 Å². The molecule has 1 aliphatic heterocycles. The number of hydrogen-bond acceptors (Lipinski definition) is 6. The number of carbonyl (C=O) groups is 1. The fourth-order valence-corrected chi connectivity index (χ4v) is 4.19. The molecule has 1 fully saturated rings. The van der Waals surface area contributed by atoms with E-state index in [4.69, 9.17) is 0 Å². The van der Waals surface area contributed by atoms with Crippen LogP contribution in [0.15, 0.2) is 60.7 Å². The Bertz CT molecular complexity index is 907. The van der Waals surface area contributed by atoms with Crippen LogP contribution in [0.2, 0.25) is 0 Å². The Balaban J connectivity index is 1.22. The molecule has 1 saturated heterocycles. The molecular formula is C22H25N5OS. The highest BCUT2D eigenvalue weighted by Crippen LogP contribution is 2.16. The van der Waals surface area contributed by atoms with Crippen LogP contribution in [0, 0.1) is 0 Å². The summed E-state index contributed by atoms with van der Waals surface area (Å²) in [4.78, 5) is 17.2. The SMILES string of the molecule is O=C(Nc1ccccc1)c1nnc(CN2CCN(CCc3ccccc3)CC2)s1. The highest BCUT2D eigenvalue weighted by Gasteiger charge is 2.19. The average Bonchev–Trinajstić information content (AvgIpc) is 3.23. The quantitative estimate of drug-likeness (QED) is 0.652. The normalized spacial score (nSPS) is 15.3. The molecule has 0 bridgehead atoms. The van der Waals surface area contributed by atoms with E-state index in [1.165, 1.54) is 16.9 Å². The summed E-state index contributed by atoms with van der Waals surface area (Å²) >= 11 is 1.37. The maximum Gasteiger partial charge on any atom is 0.286 e. The fourth-order valence-electron chi connectivity index (χ4n) is 3.41. The molecule has 0 unspecified atom stereocenters. The lowest BCUT2D eigenvalue weighted by atomic mass is 10.1. The minimum absolute atomic E-state index is 0.203. The second-order valence-corrected chi connectivity index (χ2v) is 8.24. The van der Waals surface area contributed by atoms with Crippen molar-refractivity contribution in [2.24, 2.45) is 0 Å². The Morgan fingerprint density at radius 3 is 2.28 bits per heavy atom. The van der Waals surface area contributed by atoms with Crippen molar-refractivity contribution in [3.8, 4) is 0 Å². The molecule has 6 nitrogen and oxygen atoms in total. The van der Waals surface area contributed by atoms with Crippen molar-refractivity contribution in [1.82, 2.24) is 20.0 Å². The number of amides is 1. The number of rotatable bonds is 7. The van der Waals surface area contributed by atoms with Gasteiger partial charge >= 0.3 is 0 Å². The summed E-state index contributed by atoms with van der Waals surface area (Å²) in [5.41, 5.74) is 2.16. The zero-order valence-corrected chi connectivity index (χ0v) is 17.1. The van der Waals surface area contributed by atoms with Gasteiger partial charge in [-0.3, -0.25) is 9.69 Å². The first kappa shape index (κ1) is 19.7. The molecule has 29 heavy (non-hydrogen) atoms. The molecule has 150 valence electrons. The molecule has 1 aromatic heterocycles. The molecule has 3 aromatic rings. The molecule has 1 aliphatic rings. The van der Waals surface area contributed by atoms with Crippen LogP contribution in [0.4, 0.5) is 5.69 Å². The highest BCUT2D eigenvalue weighted by molar-refractivity contribution is 7.13. The van der Waals surface area contributed by atoms with E-state index in [0.717, 1.165) is 56.4 Å². The maximum absolute atomic E-state index is 12.3.